The lowest BCUT2D eigenvalue weighted by Gasteiger charge is -2.26. The number of esters is 2. The molecule has 2 aromatic heterocycles. The van der Waals surface area contributed by atoms with E-state index >= 15 is 0 Å². The van der Waals surface area contributed by atoms with Crippen LogP contribution in [0.4, 0.5) is 5.82 Å². The second kappa shape index (κ2) is 15.6. The van der Waals surface area contributed by atoms with Crippen LogP contribution in [-0.2, 0) is 41.1 Å². The average molecular weight is 651 g/mol. The van der Waals surface area contributed by atoms with Crippen molar-refractivity contribution in [1.82, 2.24) is 24.6 Å². The van der Waals surface area contributed by atoms with Gasteiger partial charge in [-0.2, -0.15) is 9.97 Å². The van der Waals surface area contributed by atoms with Gasteiger partial charge in [-0.3, -0.25) is 19.2 Å². The maximum Gasteiger partial charge on any atom is 0.323 e. The molecule has 0 amide bonds. The van der Waals surface area contributed by atoms with E-state index in [4.69, 9.17) is 36.9 Å². The maximum absolute atomic E-state index is 14.4. The number of carbonyl (C=O) groups is 2. The fourth-order valence-corrected chi connectivity index (χ4v) is 7.74. The highest BCUT2D eigenvalue weighted by Gasteiger charge is 2.33. The zero-order valence-corrected chi connectivity index (χ0v) is 28.0. The zero-order valence-electron chi connectivity index (χ0n) is 26.3. The normalized spacial score (nSPS) is 14.4. The summed E-state index contributed by atoms with van der Waals surface area (Å²) in [7, 11) is -1.80. The molecular formula is C29H43N6O7PS. The lowest BCUT2D eigenvalue weighted by Crippen LogP contribution is -2.36. The number of ether oxygens (including phenoxy) is 4. The minimum atomic E-state index is -3.36. The number of carbonyl (C=O) groups excluding carboxylic acids is 2. The largest absolute Gasteiger partial charge is 0.463 e. The number of imidazole rings is 1. The Labute approximate surface area is 262 Å². The van der Waals surface area contributed by atoms with E-state index in [2.05, 4.69) is 20.0 Å². The SMILES string of the molecule is COCCOc1nc(N)c2[nH]c(=S)n(Cc3cccc(CP(=O)(CC(C)C(=O)OC(C)C)NC(C)C(=O)OC(C)C)c3)c2n1. The van der Waals surface area contributed by atoms with E-state index < -0.39 is 31.2 Å². The lowest BCUT2D eigenvalue weighted by atomic mass is 10.1. The van der Waals surface area contributed by atoms with E-state index in [1.807, 2.05) is 24.3 Å². The number of hydrogen-bond acceptors (Lipinski definition) is 11. The molecule has 0 saturated carbocycles. The molecule has 3 atom stereocenters. The second-order valence-corrected chi connectivity index (χ2v) is 14.3. The van der Waals surface area contributed by atoms with Gasteiger partial charge in [0.2, 0.25) is 0 Å². The minimum absolute atomic E-state index is 0.00235. The standard InChI is InChI=1S/C29H43N6O7PS/c1-17(2)41-26(36)19(5)15-43(38,34-20(6)27(37)42-18(3)4)16-22-10-8-9-21(13-22)14-35-25-23(31-29(35)44)24(30)32-28(33-25)40-12-11-39-7/h8-10,13,17-20H,11-12,14-16H2,1-7H3,(H,31,44)(H,34,38)(H2,30,32,33). The van der Waals surface area contributed by atoms with Gasteiger partial charge in [-0.05, 0) is 58.0 Å². The van der Waals surface area contributed by atoms with Crippen LogP contribution < -0.4 is 15.6 Å². The van der Waals surface area contributed by atoms with Crippen LogP contribution in [0.1, 0.15) is 52.7 Å². The number of nitrogens with zero attached hydrogens (tertiary/aromatic N) is 3. The Morgan fingerprint density at radius 1 is 1.05 bits per heavy atom. The summed E-state index contributed by atoms with van der Waals surface area (Å²) in [5.74, 6) is -1.44. The number of nitrogen functional groups attached to an aromatic ring is 1. The highest BCUT2D eigenvalue weighted by Crippen LogP contribution is 2.47. The Morgan fingerprint density at radius 3 is 2.36 bits per heavy atom. The highest BCUT2D eigenvalue weighted by atomic mass is 32.1. The van der Waals surface area contributed by atoms with Crippen molar-refractivity contribution in [2.45, 2.75) is 72.5 Å². The summed E-state index contributed by atoms with van der Waals surface area (Å²) in [6.07, 6.45) is -0.547. The minimum Gasteiger partial charge on any atom is -0.463 e. The zero-order chi connectivity index (χ0) is 32.6. The molecule has 0 fully saturated rings. The Morgan fingerprint density at radius 2 is 1.70 bits per heavy atom. The van der Waals surface area contributed by atoms with E-state index in [1.165, 1.54) is 0 Å². The summed E-state index contributed by atoms with van der Waals surface area (Å²) < 4.78 is 37.8. The second-order valence-electron chi connectivity index (χ2n) is 11.2. The van der Waals surface area contributed by atoms with Gasteiger partial charge >= 0.3 is 17.9 Å². The third-order valence-electron chi connectivity index (χ3n) is 6.38. The first-order valence-electron chi connectivity index (χ1n) is 14.4. The number of anilines is 1. The Kier molecular flexibility index (Phi) is 12.5. The predicted molar refractivity (Wildman–Crippen MR) is 170 cm³/mol. The Bertz CT molecular complexity index is 1520. The van der Waals surface area contributed by atoms with Crippen molar-refractivity contribution in [3.63, 3.8) is 0 Å². The first-order chi connectivity index (χ1) is 20.7. The maximum atomic E-state index is 14.4. The molecule has 0 radical (unpaired) electrons. The number of aromatic amines is 1. The molecule has 2 heterocycles. The van der Waals surface area contributed by atoms with Gasteiger partial charge in [0.15, 0.2) is 23.5 Å². The molecule has 0 spiro atoms. The fourth-order valence-electron chi connectivity index (χ4n) is 4.53. The van der Waals surface area contributed by atoms with Crippen LogP contribution in [0.25, 0.3) is 11.2 Å². The van der Waals surface area contributed by atoms with Crippen LogP contribution in [0.2, 0.25) is 0 Å². The molecule has 0 aliphatic heterocycles. The molecule has 44 heavy (non-hydrogen) atoms. The van der Waals surface area contributed by atoms with Crippen molar-refractivity contribution in [2.24, 2.45) is 5.92 Å². The summed E-state index contributed by atoms with van der Waals surface area (Å²) in [5.41, 5.74) is 8.71. The number of nitrogens with one attached hydrogen (secondary N) is 2. The lowest BCUT2D eigenvalue weighted by molar-refractivity contribution is -0.151. The highest BCUT2D eigenvalue weighted by molar-refractivity contribution is 7.71. The van der Waals surface area contributed by atoms with Crippen molar-refractivity contribution in [3.05, 3.63) is 40.2 Å². The van der Waals surface area contributed by atoms with Gasteiger partial charge in [-0.1, -0.05) is 31.2 Å². The Hall–Kier alpha value is -3.32. The van der Waals surface area contributed by atoms with Crippen LogP contribution in [-0.4, -0.2) is 76.2 Å². The number of nitrogens with two attached hydrogens (primary N) is 1. The van der Waals surface area contributed by atoms with Crippen molar-refractivity contribution >= 4 is 48.4 Å². The molecule has 4 N–H and O–H groups in total. The fraction of sp³-hybridized carbons (Fsp3) is 0.552. The molecule has 242 valence electrons. The van der Waals surface area contributed by atoms with Gasteiger partial charge in [0.1, 0.15) is 18.2 Å². The van der Waals surface area contributed by atoms with Crippen molar-refractivity contribution < 1.29 is 33.1 Å². The molecule has 3 aromatic rings. The molecule has 0 bridgehead atoms. The van der Waals surface area contributed by atoms with Crippen molar-refractivity contribution in [3.8, 4) is 6.01 Å². The van der Waals surface area contributed by atoms with E-state index in [9.17, 15) is 14.2 Å². The number of H-pyrrole nitrogens is 1. The van der Waals surface area contributed by atoms with Gasteiger partial charge in [0, 0.05) is 19.4 Å². The molecular weight excluding hydrogens is 607 g/mol. The molecule has 3 rings (SSSR count). The van der Waals surface area contributed by atoms with Gasteiger partial charge in [0.25, 0.3) is 0 Å². The number of fused-ring (bicyclic) bond motifs is 1. The molecule has 0 saturated heterocycles. The smallest absolute Gasteiger partial charge is 0.323 e. The number of rotatable bonds is 16. The van der Waals surface area contributed by atoms with E-state index in [0.717, 1.165) is 11.1 Å². The van der Waals surface area contributed by atoms with Crippen LogP contribution >= 0.6 is 19.5 Å². The topological polar surface area (TPSA) is 173 Å². The summed E-state index contributed by atoms with van der Waals surface area (Å²) in [6.45, 7) is 11.2. The van der Waals surface area contributed by atoms with Crippen LogP contribution in [0.5, 0.6) is 6.01 Å². The number of hydrogen-bond donors (Lipinski definition) is 3. The summed E-state index contributed by atoms with van der Waals surface area (Å²) >= 11 is 5.57. The molecule has 1 aromatic carbocycles. The quantitative estimate of drug-likeness (QED) is 0.0862. The van der Waals surface area contributed by atoms with Crippen LogP contribution in [0, 0.1) is 10.7 Å². The molecule has 0 aliphatic carbocycles. The molecule has 3 unspecified atom stereocenters. The molecule has 0 aliphatic rings. The number of aromatic nitrogens is 4. The summed E-state index contributed by atoms with van der Waals surface area (Å²) in [4.78, 5) is 37.0. The van der Waals surface area contributed by atoms with E-state index in [0.29, 0.717) is 29.1 Å². The predicted octanol–water partition coefficient (Wildman–Crippen LogP) is 4.44. The monoisotopic (exact) mass is 650 g/mol. The first-order valence-corrected chi connectivity index (χ1v) is 16.9. The van der Waals surface area contributed by atoms with E-state index in [-0.39, 0.29) is 43.0 Å². The van der Waals surface area contributed by atoms with Gasteiger partial charge in [-0.15, -0.1) is 0 Å². The van der Waals surface area contributed by atoms with Gasteiger partial charge < -0.3 is 34.2 Å². The molecule has 13 nitrogen and oxygen atoms in total. The molecule has 15 heteroatoms. The number of methoxy groups -OCH3 is 1. The van der Waals surface area contributed by atoms with Crippen LogP contribution in [0.15, 0.2) is 24.3 Å². The summed E-state index contributed by atoms with van der Waals surface area (Å²) in [6, 6.07) is 6.77. The van der Waals surface area contributed by atoms with Crippen molar-refractivity contribution in [2.75, 3.05) is 32.2 Å². The van der Waals surface area contributed by atoms with E-state index in [1.54, 1.807) is 53.2 Å². The average Bonchev–Trinajstić information content (AvgIpc) is 3.23. The van der Waals surface area contributed by atoms with Crippen molar-refractivity contribution in [1.29, 1.82) is 0 Å². The van der Waals surface area contributed by atoms with Gasteiger partial charge in [0.05, 0.1) is 31.3 Å². The van der Waals surface area contributed by atoms with Crippen LogP contribution in [0.3, 0.4) is 0 Å². The van der Waals surface area contributed by atoms with Gasteiger partial charge in [-0.25, -0.2) is 0 Å². The summed E-state index contributed by atoms with van der Waals surface area (Å²) in [5, 5.41) is 3.01. The third kappa shape index (κ3) is 9.85. The first kappa shape index (κ1) is 35.2. The third-order valence-corrected chi connectivity index (χ3v) is 9.57. The Balaban J connectivity index is 1.90. The number of benzene rings is 1.